The highest BCUT2D eigenvalue weighted by molar-refractivity contribution is 6.74. The minimum Gasteiger partial charge on any atom is -0.459 e. The van der Waals surface area contributed by atoms with Crippen LogP contribution in [0.3, 0.4) is 0 Å². The lowest BCUT2D eigenvalue weighted by molar-refractivity contribution is -0.166. The van der Waals surface area contributed by atoms with E-state index in [-0.39, 0.29) is 17.7 Å². The molecule has 1 aliphatic carbocycles. The molecule has 2 atom stereocenters. The fourth-order valence-electron chi connectivity index (χ4n) is 2.72. The maximum atomic E-state index is 12.3. The van der Waals surface area contributed by atoms with Crippen LogP contribution in [0.2, 0.25) is 18.1 Å². The maximum absolute atomic E-state index is 12.3. The monoisotopic (exact) mass is 350 g/mol. The number of aliphatic hydroxyl groups is 1. The first-order chi connectivity index (χ1) is 11.0. The Morgan fingerprint density at radius 3 is 2.50 bits per heavy atom. The van der Waals surface area contributed by atoms with E-state index in [1.165, 1.54) is 0 Å². The van der Waals surface area contributed by atoms with Crippen molar-refractivity contribution in [2.45, 2.75) is 76.5 Å². The van der Waals surface area contributed by atoms with Crippen LogP contribution >= 0.6 is 0 Å². The molecule has 0 saturated heterocycles. The molecule has 5 heteroatoms. The number of ether oxygens (including phenoxy) is 1. The van der Waals surface area contributed by atoms with Crippen molar-refractivity contribution in [3.8, 4) is 0 Å². The molecule has 0 bridgehead atoms. The molecule has 0 heterocycles. The van der Waals surface area contributed by atoms with E-state index < -0.39 is 19.9 Å². The number of esters is 1. The van der Waals surface area contributed by atoms with Crippen LogP contribution in [0.15, 0.2) is 30.3 Å². The van der Waals surface area contributed by atoms with Crippen LogP contribution in [0.4, 0.5) is 0 Å². The van der Waals surface area contributed by atoms with Crippen LogP contribution in [0.5, 0.6) is 0 Å². The van der Waals surface area contributed by atoms with Gasteiger partial charge in [-0.25, -0.2) is 4.79 Å². The molecule has 0 spiro atoms. The third-order valence-corrected chi connectivity index (χ3v) is 9.84. The largest absolute Gasteiger partial charge is 0.459 e. The molecule has 1 saturated carbocycles. The van der Waals surface area contributed by atoms with Crippen molar-refractivity contribution in [1.82, 2.24) is 0 Å². The van der Waals surface area contributed by atoms with Crippen molar-refractivity contribution in [1.29, 1.82) is 0 Å². The molecule has 24 heavy (non-hydrogen) atoms. The third kappa shape index (κ3) is 4.46. The van der Waals surface area contributed by atoms with E-state index in [1.54, 1.807) is 0 Å². The van der Waals surface area contributed by atoms with Crippen LogP contribution in [0.25, 0.3) is 0 Å². The lowest BCUT2D eigenvalue weighted by atomic mass is 10.0. The molecule has 2 unspecified atom stereocenters. The van der Waals surface area contributed by atoms with E-state index in [0.29, 0.717) is 19.3 Å². The van der Waals surface area contributed by atoms with Gasteiger partial charge in [0.05, 0.1) is 0 Å². The highest BCUT2D eigenvalue weighted by Crippen LogP contribution is 2.41. The Kier molecular flexibility index (Phi) is 5.57. The van der Waals surface area contributed by atoms with Crippen molar-refractivity contribution in [2.24, 2.45) is 0 Å². The second-order valence-electron chi connectivity index (χ2n) is 8.34. The lowest BCUT2D eigenvalue weighted by Crippen LogP contribution is -2.44. The molecule has 0 aromatic heterocycles. The summed E-state index contributed by atoms with van der Waals surface area (Å²) in [6, 6.07) is 9.51. The fraction of sp³-hybridized carbons (Fsp3) is 0.632. The molecule has 1 aromatic rings. The van der Waals surface area contributed by atoms with Crippen LogP contribution < -0.4 is 0 Å². The molecule has 1 fully saturated rings. The Morgan fingerprint density at radius 2 is 1.92 bits per heavy atom. The first kappa shape index (κ1) is 19.2. The number of carbonyl (C=O) groups excluding carboxylic acids is 1. The van der Waals surface area contributed by atoms with Gasteiger partial charge in [0.25, 0.3) is 0 Å². The summed E-state index contributed by atoms with van der Waals surface area (Å²) in [6.07, 6.45) is 1.36. The Bertz CT molecular complexity index is 564. The van der Waals surface area contributed by atoms with Crippen molar-refractivity contribution in [3.05, 3.63) is 35.9 Å². The Balaban J connectivity index is 1.91. The van der Waals surface area contributed by atoms with Gasteiger partial charge in [-0.2, -0.15) is 0 Å². The average Bonchev–Trinajstić information content (AvgIpc) is 2.86. The van der Waals surface area contributed by atoms with E-state index in [2.05, 4.69) is 33.9 Å². The normalized spacial score (nSPS) is 24.8. The summed E-state index contributed by atoms with van der Waals surface area (Å²) in [6.45, 7) is 11.1. The molecule has 2 rings (SSSR count). The van der Waals surface area contributed by atoms with Gasteiger partial charge in [0.15, 0.2) is 13.9 Å². The molecule has 134 valence electrons. The third-order valence-electron chi connectivity index (χ3n) is 5.31. The van der Waals surface area contributed by atoms with Gasteiger partial charge in [-0.3, -0.25) is 0 Å². The number of rotatable bonds is 5. The summed E-state index contributed by atoms with van der Waals surface area (Å²) in [4.78, 5) is 12.3. The van der Waals surface area contributed by atoms with Crippen molar-refractivity contribution in [2.75, 3.05) is 0 Å². The van der Waals surface area contributed by atoms with Crippen molar-refractivity contribution < 1.29 is 19.1 Å². The zero-order valence-electron chi connectivity index (χ0n) is 15.5. The van der Waals surface area contributed by atoms with Crippen LogP contribution in [0.1, 0.15) is 45.6 Å². The topological polar surface area (TPSA) is 55.8 Å². The predicted molar refractivity (Wildman–Crippen MR) is 97.1 cm³/mol. The smallest absolute Gasteiger partial charge is 0.338 e. The molecule has 1 N–H and O–H groups in total. The van der Waals surface area contributed by atoms with Crippen LogP contribution in [-0.4, -0.2) is 31.1 Å². The molecular formula is C19H30O4Si. The number of carbonyl (C=O) groups is 1. The highest BCUT2D eigenvalue weighted by Gasteiger charge is 2.48. The van der Waals surface area contributed by atoms with Gasteiger partial charge in [-0.05, 0) is 36.5 Å². The fourth-order valence-corrected chi connectivity index (χ4v) is 4.11. The molecule has 0 amide bonds. The van der Waals surface area contributed by atoms with Gasteiger partial charge in [-0.15, -0.1) is 0 Å². The van der Waals surface area contributed by atoms with E-state index in [4.69, 9.17) is 9.16 Å². The highest BCUT2D eigenvalue weighted by atomic mass is 28.4. The number of hydrogen-bond donors (Lipinski definition) is 1. The van der Waals surface area contributed by atoms with Gasteiger partial charge in [0.2, 0.25) is 0 Å². The van der Waals surface area contributed by atoms with Gasteiger partial charge in [-0.1, -0.05) is 51.1 Å². The first-order valence-electron chi connectivity index (χ1n) is 8.65. The van der Waals surface area contributed by atoms with Gasteiger partial charge in [0, 0.05) is 12.5 Å². The summed E-state index contributed by atoms with van der Waals surface area (Å²) >= 11 is 0. The van der Waals surface area contributed by atoms with Crippen LogP contribution in [-0.2, 0) is 20.6 Å². The summed E-state index contributed by atoms with van der Waals surface area (Å²) < 4.78 is 11.7. The van der Waals surface area contributed by atoms with Crippen molar-refractivity contribution >= 4 is 14.3 Å². The second kappa shape index (κ2) is 6.98. The Morgan fingerprint density at radius 1 is 1.29 bits per heavy atom. The summed E-state index contributed by atoms with van der Waals surface area (Å²) in [7, 11) is -1.90. The van der Waals surface area contributed by atoms with E-state index in [9.17, 15) is 9.90 Å². The van der Waals surface area contributed by atoms with E-state index in [1.807, 2.05) is 30.3 Å². The molecule has 4 nitrogen and oxygen atoms in total. The standard InChI is InChI=1S/C19H30O4Si/c1-18(2,3)24(4,5)23-16-11-12-19(21,13-16)17(20)22-14-15-9-7-6-8-10-15/h6-10,16,21H,11-14H2,1-5H3. The van der Waals surface area contributed by atoms with Crippen LogP contribution in [0, 0.1) is 0 Å². The molecular weight excluding hydrogens is 320 g/mol. The first-order valence-corrected chi connectivity index (χ1v) is 11.6. The second-order valence-corrected chi connectivity index (χ2v) is 13.1. The quantitative estimate of drug-likeness (QED) is 0.643. The number of benzene rings is 1. The van der Waals surface area contributed by atoms with Gasteiger partial charge in [0.1, 0.15) is 6.61 Å². The van der Waals surface area contributed by atoms with Crippen molar-refractivity contribution in [3.63, 3.8) is 0 Å². The minimum atomic E-state index is -1.90. The lowest BCUT2D eigenvalue weighted by Gasteiger charge is -2.38. The average molecular weight is 351 g/mol. The Hall–Kier alpha value is -1.17. The predicted octanol–water partition coefficient (Wildman–Crippen LogP) is 4.04. The zero-order chi connectivity index (χ0) is 18.0. The maximum Gasteiger partial charge on any atom is 0.338 e. The SMILES string of the molecule is CC(C)(C)[Si](C)(C)OC1CCC(O)(C(=O)OCc2ccccc2)C1. The van der Waals surface area contributed by atoms with E-state index >= 15 is 0 Å². The molecule has 0 aliphatic heterocycles. The van der Waals surface area contributed by atoms with E-state index in [0.717, 1.165) is 5.56 Å². The summed E-state index contributed by atoms with van der Waals surface area (Å²) in [5.74, 6) is -0.535. The van der Waals surface area contributed by atoms with Gasteiger partial charge < -0.3 is 14.3 Å². The number of hydrogen-bond acceptors (Lipinski definition) is 4. The molecule has 1 aliphatic rings. The summed E-state index contributed by atoms with van der Waals surface area (Å²) in [5.41, 5.74) is -0.497. The molecule has 1 aromatic carbocycles. The summed E-state index contributed by atoms with van der Waals surface area (Å²) in [5, 5.41) is 10.8. The van der Waals surface area contributed by atoms with Gasteiger partial charge >= 0.3 is 5.97 Å². The Labute approximate surface area is 146 Å². The zero-order valence-corrected chi connectivity index (χ0v) is 16.5. The molecule has 0 radical (unpaired) electrons. The minimum absolute atomic E-state index is 0.0693.